The van der Waals surface area contributed by atoms with E-state index in [1.54, 1.807) is 45.0 Å². The first kappa shape index (κ1) is 18.0. The third-order valence-corrected chi connectivity index (χ3v) is 2.83. The fourth-order valence-corrected chi connectivity index (χ4v) is 1.90. The van der Waals surface area contributed by atoms with E-state index in [0.29, 0.717) is 11.3 Å². The van der Waals surface area contributed by atoms with Gasteiger partial charge in [-0.25, -0.2) is 4.79 Å². The molecule has 22 heavy (non-hydrogen) atoms. The van der Waals surface area contributed by atoms with Crippen molar-refractivity contribution in [2.24, 2.45) is 0 Å². The van der Waals surface area contributed by atoms with E-state index in [1.807, 2.05) is 0 Å². The van der Waals surface area contributed by atoms with Crippen LogP contribution in [0.5, 0.6) is 0 Å². The zero-order valence-corrected chi connectivity index (χ0v) is 13.3. The molecule has 0 unspecified atom stereocenters. The Bertz CT molecular complexity index is 534. The van der Waals surface area contributed by atoms with Crippen molar-refractivity contribution in [1.29, 1.82) is 0 Å². The molecule has 1 aromatic carbocycles. The molecule has 1 aromatic rings. The smallest absolute Gasteiger partial charge is 0.328 e. The summed E-state index contributed by atoms with van der Waals surface area (Å²) in [6.07, 6.45) is -1.06. The predicted molar refractivity (Wildman–Crippen MR) is 82.7 cm³/mol. The van der Waals surface area contributed by atoms with Crippen LogP contribution in [0.3, 0.4) is 0 Å². The molecule has 0 spiro atoms. The van der Waals surface area contributed by atoms with Gasteiger partial charge in [-0.1, -0.05) is 18.2 Å². The second kappa shape index (κ2) is 7.26. The molecule has 2 atom stereocenters. The largest absolute Gasteiger partial charge is 0.480 e. The number of nitrogens with one attached hydrogen (secondary N) is 1. The Morgan fingerprint density at radius 3 is 2.36 bits per heavy atom. The summed E-state index contributed by atoms with van der Waals surface area (Å²) in [6.45, 7) is 6.73. The summed E-state index contributed by atoms with van der Waals surface area (Å²) < 4.78 is 5.26. The summed E-state index contributed by atoms with van der Waals surface area (Å²) in [6, 6.07) is 5.70. The van der Waals surface area contributed by atoms with E-state index in [0.717, 1.165) is 0 Å². The number of carboxylic acids is 1. The number of esters is 1. The number of benzene rings is 1. The Hall–Kier alpha value is -2.08. The second-order valence-corrected chi connectivity index (χ2v) is 6.12. The quantitative estimate of drug-likeness (QED) is 0.694. The third kappa shape index (κ3) is 5.73. The number of rotatable bonds is 6. The zero-order chi connectivity index (χ0) is 16.9. The number of aliphatic hydroxyl groups is 1. The number of ether oxygens (including phenoxy) is 1. The van der Waals surface area contributed by atoms with Gasteiger partial charge in [0.1, 0.15) is 5.60 Å². The summed E-state index contributed by atoms with van der Waals surface area (Å²) in [5.41, 5.74) is 0.521. The third-order valence-electron chi connectivity index (χ3n) is 2.83. The maximum Gasteiger partial charge on any atom is 0.328 e. The Kier molecular flexibility index (Phi) is 5.93. The average Bonchev–Trinajstić information content (AvgIpc) is 2.34. The topological polar surface area (TPSA) is 95.9 Å². The predicted octanol–water partition coefficient (Wildman–Crippen LogP) is 1.82. The molecule has 0 bridgehead atoms. The minimum absolute atomic E-state index is 0.0204. The van der Waals surface area contributed by atoms with Crippen LogP contribution in [-0.4, -0.2) is 39.9 Å². The molecule has 122 valence electrons. The van der Waals surface area contributed by atoms with Crippen molar-refractivity contribution in [1.82, 2.24) is 0 Å². The van der Waals surface area contributed by atoms with E-state index in [4.69, 9.17) is 9.84 Å². The molecule has 0 radical (unpaired) electrons. The van der Waals surface area contributed by atoms with E-state index in [2.05, 4.69) is 5.32 Å². The van der Waals surface area contributed by atoms with Crippen LogP contribution in [0.4, 0.5) is 5.69 Å². The summed E-state index contributed by atoms with van der Waals surface area (Å²) in [5.74, 6) is -1.56. The summed E-state index contributed by atoms with van der Waals surface area (Å²) >= 11 is 0. The number of carbonyl (C=O) groups is 2. The van der Waals surface area contributed by atoms with Gasteiger partial charge in [0, 0.05) is 5.69 Å². The first-order valence-electron chi connectivity index (χ1n) is 7.07. The molecule has 0 saturated heterocycles. The van der Waals surface area contributed by atoms with Gasteiger partial charge in [0.05, 0.1) is 12.5 Å². The second-order valence-electron chi connectivity index (χ2n) is 6.12. The van der Waals surface area contributed by atoms with Crippen molar-refractivity contribution in [3.63, 3.8) is 0 Å². The van der Waals surface area contributed by atoms with Crippen LogP contribution in [0.2, 0.25) is 0 Å². The fraction of sp³-hybridized carbons (Fsp3) is 0.500. The van der Waals surface area contributed by atoms with Crippen LogP contribution in [-0.2, 0) is 20.7 Å². The number of carboxylic acid groups (broad SMARTS) is 1. The molecule has 0 aromatic heterocycles. The highest BCUT2D eigenvalue weighted by Gasteiger charge is 2.24. The lowest BCUT2D eigenvalue weighted by Crippen LogP contribution is -2.39. The molecule has 0 fully saturated rings. The summed E-state index contributed by atoms with van der Waals surface area (Å²) in [5, 5.41) is 21.4. The number of aliphatic hydroxyl groups excluding tert-OH is 1. The Balaban J connectivity index is 2.90. The minimum atomic E-state index is -1.16. The number of hydrogen-bond donors (Lipinski definition) is 3. The van der Waals surface area contributed by atoms with Crippen LogP contribution >= 0.6 is 0 Å². The van der Waals surface area contributed by atoms with Crippen LogP contribution < -0.4 is 5.32 Å². The zero-order valence-electron chi connectivity index (χ0n) is 13.3. The van der Waals surface area contributed by atoms with Gasteiger partial charge in [-0.15, -0.1) is 0 Å². The molecule has 3 N–H and O–H groups in total. The Labute approximate surface area is 130 Å². The molecule has 0 aliphatic rings. The van der Waals surface area contributed by atoms with Crippen molar-refractivity contribution in [2.75, 3.05) is 5.32 Å². The molecule has 1 rings (SSSR count). The van der Waals surface area contributed by atoms with Gasteiger partial charge in [-0.2, -0.15) is 0 Å². The van der Waals surface area contributed by atoms with E-state index < -0.39 is 29.7 Å². The molecular formula is C16H23NO5. The number of carbonyl (C=O) groups excluding carboxylic acids is 1. The van der Waals surface area contributed by atoms with Crippen LogP contribution in [0, 0.1) is 0 Å². The van der Waals surface area contributed by atoms with E-state index in [9.17, 15) is 14.7 Å². The highest BCUT2D eigenvalue weighted by atomic mass is 16.6. The van der Waals surface area contributed by atoms with Gasteiger partial charge < -0.3 is 20.3 Å². The van der Waals surface area contributed by atoms with Gasteiger partial charge in [0.25, 0.3) is 0 Å². The normalized spacial score (nSPS) is 14.0. The van der Waals surface area contributed by atoms with Gasteiger partial charge >= 0.3 is 11.9 Å². The van der Waals surface area contributed by atoms with E-state index in [1.165, 1.54) is 6.92 Å². The molecule has 0 saturated carbocycles. The lowest BCUT2D eigenvalue weighted by molar-refractivity contribution is -0.153. The maximum absolute atomic E-state index is 11.9. The van der Waals surface area contributed by atoms with Gasteiger partial charge in [-0.05, 0) is 39.3 Å². The maximum atomic E-state index is 11.9. The lowest BCUT2D eigenvalue weighted by Gasteiger charge is -2.22. The number of anilines is 1. The molecule has 0 heterocycles. The van der Waals surface area contributed by atoms with Gasteiger partial charge in [-0.3, -0.25) is 4.79 Å². The molecule has 6 heteroatoms. The van der Waals surface area contributed by atoms with Crippen molar-refractivity contribution >= 4 is 17.6 Å². The van der Waals surface area contributed by atoms with Gasteiger partial charge in [0.2, 0.25) is 0 Å². The molecule has 0 aliphatic heterocycles. The molecule has 0 aliphatic carbocycles. The van der Waals surface area contributed by atoms with Crippen molar-refractivity contribution in [3.8, 4) is 0 Å². The molecule has 0 amide bonds. The first-order chi connectivity index (χ1) is 10.1. The van der Waals surface area contributed by atoms with Crippen LogP contribution in [0.1, 0.15) is 33.3 Å². The van der Waals surface area contributed by atoms with Crippen LogP contribution in [0.15, 0.2) is 24.3 Å². The number of para-hydroxylation sites is 1. The Morgan fingerprint density at radius 1 is 1.27 bits per heavy atom. The van der Waals surface area contributed by atoms with Gasteiger partial charge in [0.15, 0.2) is 6.04 Å². The summed E-state index contributed by atoms with van der Waals surface area (Å²) in [4.78, 5) is 23.1. The summed E-state index contributed by atoms with van der Waals surface area (Å²) in [7, 11) is 0. The van der Waals surface area contributed by atoms with Crippen molar-refractivity contribution in [3.05, 3.63) is 29.8 Å². The van der Waals surface area contributed by atoms with Crippen molar-refractivity contribution < 1.29 is 24.5 Å². The SMILES string of the molecule is C[C@@H](O)[C@H](Nc1ccccc1CC(=O)OC(C)(C)C)C(=O)O. The van der Waals surface area contributed by atoms with E-state index >= 15 is 0 Å². The molecular weight excluding hydrogens is 286 g/mol. The Morgan fingerprint density at radius 2 is 1.86 bits per heavy atom. The molecule has 6 nitrogen and oxygen atoms in total. The standard InChI is InChI=1S/C16H23NO5/c1-10(18)14(15(20)21)17-12-8-6-5-7-11(12)9-13(19)22-16(2,3)4/h5-8,10,14,17-18H,9H2,1-4H3,(H,20,21)/t10-,14+/m1/s1. The van der Waals surface area contributed by atoms with Crippen molar-refractivity contribution in [2.45, 2.75) is 51.9 Å². The highest BCUT2D eigenvalue weighted by molar-refractivity contribution is 5.80. The minimum Gasteiger partial charge on any atom is -0.480 e. The number of hydrogen-bond acceptors (Lipinski definition) is 5. The fourth-order valence-electron chi connectivity index (χ4n) is 1.90. The van der Waals surface area contributed by atoms with E-state index in [-0.39, 0.29) is 6.42 Å². The monoisotopic (exact) mass is 309 g/mol. The average molecular weight is 309 g/mol. The lowest BCUT2D eigenvalue weighted by atomic mass is 10.1. The number of aliphatic carboxylic acids is 1. The van der Waals surface area contributed by atoms with Crippen LogP contribution in [0.25, 0.3) is 0 Å². The highest BCUT2D eigenvalue weighted by Crippen LogP contribution is 2.19. The first-order valence-corrected chi connectivity index (χ1v) is 7.07.